The lowest BCUT2D eigenvalue weighted by molar-refractivity contribution is 0.415. The Kier molecular flexibility index (Phi) is 0.969. The molecular weight excluding hydrogens is 150 g/mol. The molecule has 2 aromatic rings. The van der Waals surface area contributed by atoms with E-state index in [1.807, 2.05) is 6.07 Å². The summed E-state index contributed by atoms with van der Waals surface area (Å²) < 4.78 is 28.4. The van der Waals surface area contributed by atoms with Gasteiger partial charge in [-0.25, -0.2) is 0 Å². The standard InChI is InChI=1S/C10H11NO/c1-11-6-5-8-7-9(12-2)3-4-10(8)11/h3-7H,1-2H3/i1D3. The number of hydrogen-bond donors (Lipinski definition) is 0. The number of methoxy groups -OCH3 is 1. The van der Waals surface area contributed by atoms with Crippen molar-refractivity contribution < 1.29 is 8.85 Å². The van der Waals surface area contributed by atoms with E-state index in [2.05, 4.69) is 0 Å². The van der Waals surface area contributed by atoms with Gasteiger partial charge in [0, 0.05) is 28.2 Å². The fourth-order valence-corrected chi connectivity index (χ4v) is 1.25. The molecule has 62 valence electrons. The second-order valence-electron chi connectivity index (χ2n) is 2.61. The van der Waals surface area contributed by atoms with Crippen molar-refractivity contribution in [1.82, 2.24) is 4.57 Å². The zero-order valence-corrected chi connectivity index (χ0v) is 6.74. The number of aromatic nitrogens is 1. The smallest absolute Gasteiger partial charge is 0.119 e. The summed E-state index contributed by atoms with van der Waals surface area (Å²) >= 11 is 0. The third-order valence-electron chi connectivity index (χ3n) is 1.90. The van der Waals surface area contributed by atoms with Crippen LogP contribution in [0.2, 0.25) is 0 Å². The van der Waals surface area contributed by atoms with Gasteiger partial charge in [-0.05, 0) is 24.3 Å². The highest BCUT2D eigenvalue weighted by Gasteiger charge is 1.98. The van der Waals surface area contributed by atoms with Crippen LogP contribution in [0.15, 0.2) is 30.5 Å². The number of fused-ring (bicyclic) bond motifs is 1. The molecule has 1 aromatic carbocycles. The van der Waals surface area contributed by atoms with Crippen LogP contribution in [-0.4, -0.2) is 11.7 Å². The SMILES string of the molecule is [2H]C([2H])([2H])n1ccc2cc(OC)ccc21. The van der Waals surface area contributed by atoms with Crippen LogP contribution < -0.4 is 4.74 Å². The quantitative estimate of drug-likeness (QED) is 0.630. The third kappa shape index (κ3) is 0.961. The Bertz CT molecular complexity index is 487. The highest BCUT2D eigenvalue weighted by atomic mass is 16.5. The number of nitrogens with zero attached hydrogens (tertiary/aromatic N) is 1. The maximum Gasteiger partial charge on any atom is 0.119 e. The maximum atomic E-state index is 7.34. The maximum absolute atomic E-state index is 7.34. The van der Waals surface area contributed by atoms with Crippen LogP contribution in [0, 0.1) is 0 Å². The van der Waals surface area contributed by atoms with Crippen molar-refractivity contribution in [3.05, 3.63) is 30.5 Å². The van der Waals surface area contributed by atoms with Crippen LogP contribution in [0.5, 0.6) is 5.75 Å². The lowest BCUT2D eigenvalue weighted by Crippen LogP contribution is -1.84. The molecule has 0 N–H and O–H groups in total. The molecule has 0 aliphatic carbocycles. The van der Waals surface area contributed by atoms with Crippen LogP contribution in [-0.2, 0) is 6.98 Å². The molecule has 0 aliphatic rings. The van der Waals surface area contributed by atoms with E-state index in [4.69, 9.17) is 8.85 Å². The normalized spacial score (nSPS) is 15.2. The van der Waals surface area contributed by atoms with Gasteiger partial charge in [0.1, 0.15) is 5.75 Å². The Labute approximate surface area is 75.6 Å². The van der Waals surface area contributed by atoms with Crippen molar-refractivity contribution in [2.24, 2.45) is 6.98 Å². The fourth-order valence-electron chi connectivity index (χ4n) is 1.25. The Hall–Kier alpha value is -1.44. The van der Waals surface area contributed by atoms with Gasteiger partial charge in [0.15, 0.2) is 0 Å². The summed E-state index contributed by atoms with van der Waals surface area (Å²) in [5, 5.41) is 0.866. The van der Waals surface area contributed by atoms with Gasteiger partial charge in [-0.1, -0.05) is 0 Å². The molecule has 2 nitrogen and oxygen atoms in total. The van der Waals surface area contributed by atoms with Gasteiger partial charge in [-0.15, -0.1) is 0 Å². The van der Waals surface area contributed by atoms with Crippen molar-refractivity contribution in [2.75, 3.05) is 7.11 Å². The van der Waals surface area contributed by atoms with E-state index < -0.39 is 6.98 Å². The Morgan fingerprint density at radius 2 is 2.33 bits per heavy atom. The summed E-state index contributed by atoms with van der Waals surface area (Å²) in [6.07, 6.45) is 1.57. The van der Waals surface area contributed by atoms with Gasteiger partial charge >= 0.3 is 0 Å². The Morgan fingerprint density at radius 3 is 3.08 bits per heavy atom. The molecule has 0 amide bonds. The number of benzene rings is 1. The average molecular weight is 164 g/mol. The van der Waals surface area contributed by atoms with Crippen LogP contribution >= 0.6 is 0 Å². The zero-order chi connectivity index (χ0) is 11.1. The molecule has 2 rings (SSSR count). The van der Waals surface area contributed by atoms with Gasteiger partial charge < -0.3 is 9.30 Å². The minimum atomic E-state index is -2.13. The van der Waals surface area contributed by atoms with E-state index in [1.54, 1.807) is 31.5 Å². The Balaban J connectivity index is 2.62. The molecule has 12 heavy (non-hydrogen) atoms. The summed E-state index contributed by atoms with van der Waals surface area (Å²) in [6, 6.07) is 7.09. The minimum absolute atomic E-state index is 0.691. The van der Waals surface area contributed by atoms with Crippen molar-refractivity contribution in [3.63, 3.8) is 0 Å². The molecule has 0 bridgehead atoms. The van der Waals surface area contributed by atoms with Gasteiger partial charge in [0.25, 0.3) is 0 Å². The highest BCUT2D eigenvalue weighted by molar-refractivity contribution is 5.81. The number of aryl methyl sites for hydroxylation is 1. The van der Waals surface area contributed by atoms with E-state index in [0.29, 0.717) is 5.52 Å². The molecule has 0 saturated carbocycles. The average Bonchev–Trinajstić information content (AvgIpc) is 2.59. The molecule has 0 fully saturated rings. The van der Waals surface area contributed by atoms with Crippen LogP contribution in [0.4, 0.5) is 0 Å². The van der Waals surface area contributed by atoms with Crippen molar-refractivity contribution >= 4 is 10.9 Å². The molecule has 1 aromatic heterocycles. The first-order chi connectivity index (χ1) is 7.02. The molecular formula is C10H11NO. The highest BCUT2D eigenvalue weighted by Crippen LogP contribution is 2.20. The molecule has 2 heteroatoms. The molecule has 0 radical (unpaired) electrons. The first-order valence-corrected chi connectivity index (χ1v) is 3.68. The number of rotatable bonds is 1. The molecule has 1 heterocycles. The monoisotopic (exact) mass is 164 g/mol. The van der Waals surface area contributed by atoms with Crippen molar-refractivity contribution in [3.8, 4) is 5.75 Å². The summed E-state index contributed by atoms with van der Waals surface area (Å²) in [6.45, 7) is -2.13. The minimum Gasteiger partial charge on any atom is -0.497 e. The summed E-state index contributed by atoms with van der Waals surface area (Å²) in [4.78, 5) is 0. The van der Waals surface area contributed by atoms with Gasteiger partial charge in [-0.3, -0.25) is 0 Å². The Morgan fingerprint density at radius 1 is 1.42 bits per heavy atom. The second kappa shape index (κ2) is 2.55. The second-order valence-corrected chi connectivity index (χ2v) is 2.61. The van der Waals surface area contributed by atoms with E-state index >= 15 is 0 Å². The van der Waals surface area contributed by atoms with Gasteiger partial charge in [0.05, 0.1) is 7.11 Å². The molecule has 0 unspecified atom stereocenters. The molecule has 0 spiro atoms. The zero-order valence-electron chi connectivity index (χ0n) is 9.74. The first kappa shape index (κ1) is 4.55. The number of hydrogen-bond acceptors (Lipinski definition) is 1. The fraction of sp³-hybridized carbons (Fsp3) is 0.200. The van der Waals surface area contributed by atoms with E-state index in [-0.39, 0.29) is 0 Å². The van der Waals surface area contributed by atoms with Crippen LogP contribution in [0.3, 0.4) is 0 Å². The predicted molar refractivity (Wildman–Crippen MR) is 49.5 cm³/mol. The van der Waals surface area contributed by atoms with Crippen LogP contribution in [0.1, 0.15) is 4.11 Å². The van der Waals surface area contributed by atoms with Crippen LogP contribution in [0.25, 0.3) is 10.9 Å². The summed E-state index contributed by atoms with van der Waals surface area (Å²) in [5.41, 5.74) is 0.691. The van der Waals surface area contributed by atoms with E-state index in [1.165, 1.54) is 4.57 Å². The van der Waals surface area contributed by atoms with Gasteiger partial charge in [-0.2, -0.15) is 0 Å². The lowest BCUT2D eigenvalue weighted by atomic mass is 10.2. The van der Waals surface area contributed by atoms with E-state index in [9.17, 15) is 0 Å². The topological polar surface area (TPSA) is 14.2 Å². The van der Waals surface area contributed by atoms with Gasteiger partial charge in [0.2, 0.25) is 0 Å². The molecule has 0 atom stereocenters. The largest absolute Gasteiger partial charge is 0.497 e. The summed E-state index contributed by atoms with van der Waals surface area (Å²) in [5.74, 6) is 0.728. The predicted octanol–water partition coefficient (Wildman–Crippen LogP) is 2.19. The summed E-state index contributed by atoms with van der Waals surface area (Å²) in [7, 11) is 1.59. The third-order valence-corrected chi connectivity index (χ3v) is 1.90. The molecule has 0 aliphatic heterocycles. The lowest BCUT2D eigenvalue weighted by Gasteiger charge is -1.99. The van der Waals surface area contributed by atoms with Crippen molar-refractivity contribution in [1.29, 1.82) is 0 Å². The van der Waals surface area contributed by atoms with E-state index in [0.717, 1.165) is 11.1 Å². The first-order valence-electron chi connectivity index (χ1n) is 5.18. The van der Waals surface area contributed by atoms with Crippen molar-refractivity contribution in [2.45, 2.75) is 0 Å². The number of ether oxygens (including phenoxy) is 1. The molecule has 0 saturated heterocycles.